The Morgan fingerprint density at radius 3 is 2.92 bits per heavy atom. The number of nitrogens with zero attached hydrogens (tertiary/aromatic N) is 5. The van der Waals surface area contributed by atoms with E-state index in [0.29, 0.717) is 12.3 Å². The van der Waals surface area contributed by atoms with Crippen LogP contribution in [0.1, 0.15) is 32.2 Å². The van der Waals surface area contributed by atoms with Gasteiger partial charge in [-0.2, -0.15) is 0 Å². The smallest absolute Gasteiger partial charge is 0.227 e. The highest BCUT2D eigenvalue weighted by molar-refractivity contribution is 5.34. The Balaban J connectivity index is 1.87. The van der Waals surface area contributed by atoms with Gasteiger partial charge in [0, 0.05) is 38.4 Å². The van der Waals surface area contributed by atoms with Crippen LogP contribution in [0.5, 0.6) is 0 Å². The van der Waals surface area contributed by atoms with E-state index >= 15 is 0 Å². The van der Waals surface area contributed by atoms with Crippen LogP contribution in [-0.2, 0) is 17.7 Å². The fourth-order valence-electron chi connectivity index (χ4n) is 3.07. The first kappa shape index (κ1) is 17.6. The molecule has 0 aromatic carbocycles. The molecule has 0 saturated carbocycles. The predicted octanol–water partition coefficient (Wildman–Crippen LogP) is 2.70. The summed E-state index contributed by atoms with van der Waals surface area (Å²) in [4.78, 5) is 6.48. The minimum Gasteiger partial charge on any atom is -0.374 e. The molecule has 1 aliphatic heterocycles. The topological polar surface area (TPSA) is 56.1 Å². The predicted molar refractivity (Wildman–Crippen MR) is 98.7 cm³/mol. The second-order valence-corrected chi connectivity index (χ2v) is 7.10. The largest absolute Gasteiger partial charge is 0.374 e. The van der Waals surface area contributed by atoms with Crippen LogP contribution in [0.3, 0.4) is 0 Å². The Labute approximate surface area is 149 Å². The van der Waals surface area contributed by atoms with E-state index in [1.165, 1.54) is 0 Å². The number of morpholine rings is 1. The van der Waals surface area contributed by atoms with Crippen molar-refractivity contribution in [3.63, 3.8) is 0 Å². The molecule has 3 rings (SSSR count). The van der Waals surface area contributed by atoms with Crippen molar-refractivity contribution in [2.24, 2.45) is 5.92 Å². The van der Waals surface area contributed by atoms with Crippen molar-refractivity contribution in [3.05, 3.63) is 48.1 Å². The molecule has 6 nitrogen and oxygen atoms in total. The lowest BCUT2D eigenvalue weighted by atomic mass is 10.1. The standard InChI is InChI=1S/C19H27N5O/c1-14(2)12-24-18(10-16-6-5-7-20-11-16)21-22-19(24)23-8-9-25-17(13-23)15(3)4/h5-7,11,15,17H,1,8-10,12-13H2,2-4H3. The molecule has 3 heterocycles. The van der Waals surface area contributed by atoms with Crippen LogP contribution in [0.15, 0.2) is 36.7 Å². The Bertz CT molecular complexity index is 710. The summed E-state index contributed by atoms with van der Waals surface area (Å²) in [6, 6.07) is 4.01. The number of anilines is 1. The lowest BCUT2D eigenvalue weighted by molar-refractivity contribution is 0.0107. The first-order valence-electron chi connectivity index (χ1n) is 8.86. The van der Waals surface area contributed by atoms with Gasteiger partial charge in [-0.25, -0.2) is 0 Å². The van der Waals surface area contributed by atoms with Crippen LogP contribution in [0.25, 0.3) is 0 Å². The molecule has 1 aliphatic rings. The molecular formula is C19H27N5O. The highest BCUT2D eigenvalue weighted by Crippen LogP contribution is 2.22. The van der Waals surface area contributed by atoms with Crippen molar-refractivity contribution in [1.82, 2.24) is 19.7 Å². The summed E-state index contributed by atoms with van der Waals surface area (Å²) in [5.74, 6) is 2.34. The maximum atomic E-state index is 5.89. The molecule has 1 fully saturated rings. The second kappa shape index (κ2) is 7.78. The normalized spacial score (nSPS) is 17.9. The lowest BCUT2D eigenvalue weighted by Crippen LogP contribution is -2.45. The van der Waals surface area contributed by atoms with Gasteiger partial charge in [0.2, 0.25) is 5.95 Å². The number of pyridine rings is 1. The fourth-order valence-corrected chi connectivity index (χ4v) is 3.07. The molecule has 1 saturated heterocycles. The first-order valence-corrected chi connectivity index (χ1v) is 8.86. The Morgan fingerprint density at radius 1 is 1.40 bits per heavy atom. The molecule has 0 aliphatic carbocycles. The van der Waals surface area contributed by atoms with E-state index < -0.39 is 0 Å². The molecule has 0 bridgehead atoms. The number of aromatic nitrogens is 4. The summed E-state index contributed by atoms with van der Waals surface area (Å²) in [5.41, 5.74) is 2.22. The summed E-state index contributed by atoms with van der Waals surface area (Å²) in [6.45, 7) is 13.6. The number of ether oxygens (including phenoxy) is 1. The van der Waals surface area contributed by atoms with Crippen LogP contribution in [0.4, 0.5) is 5.95 Å². The van der Waals surface area contributed by atoms with E-state index in [9.17, 15) is 0 Å². The number of hydrogen-bond donors (Lipinski definition) is 0. The maximum absolute atomic E-state index is 5.89. The average Bonchev–Trinajstić information content (AvgIpc) is 2.98. The number of allylic oxidation sites excluding steroid dienone is 1. The van der Waals surface area contributed by atoms with Crippen molar-refractivity contribution in [2.75, 3.05) is 24.6 Å². The SMILES string of the molecule is C=C(C)Cn1c(Cc2cccnc2)nnc1N1CCOC(C(C)C)C1. The summed E-state index contributed by atoms with van der Waals surface area (Å²) in [7, 11) is 0. The molecule has 134 valence electrons. The van der Waals surface area contributed by atoms with Crippen molar-refractivity contribution in [3.8, 4) is 0 Å². The van der Waals surface area contributed by atoms with E-state index in [2.05, 4.69) is 51.1 Å². The van der Waals surface area contributed by atoms with E-state index in [0.717, 1.165) is 49.2 Å². The zero-order chi connectivity index (χ0) is 17.8. The molecule has 6 heteroatoms. The summed E-state index contributed by atoms with van der Waals surface area (Å²) in [5, 5.41) is 8.98. The van der Waals surface area contributed by atoms with Crippen LogP contribution in [0, 0.1) is 5.92 Å². The van der Waals surface area contributed by atoms with E-state index in [-0.39, 0.29) is 6.10 Å². The van der Waals surface area contributed by atoms with Crippen molar-refractivity contribution in [1.29, 1.82) is 0 Å². The maximum Gasteiger partial charge on any atom is 0.227 e. The second-order valence-electron chi connectivity index (χ2n) is 7.10. The van der Waals surface area contributed by atoms with Gasteiger partial charge in [0.05, 0.1) is 12.7 Å². The highest BCUT2D eigenvalue weighted by Gasteiger charge is 2.27. The van der Waals surface area contributed by atoms with Gasteiger partial charge in [-0.15, -0.1) is 10.2 Å². The van der Waals surface area contributed by atoms with Gasteiger partial charge in [0.15, 0.2) is 0 Å². The molecular weight excluding hydrogens is 314 g/mol. The number of hydrogen-bond acceptors (Lipinski definition) is 5. The third-order valence-corrected chi connectivity index (χ3v) is 4.44. The molecule has 0 spiro atoms. The van der Waals surface area contributed by atoms with Gasteiger partial charge in [0.25, 0.3) is 0 Å². The molecule has 1 atom stereocenters. The summed E-state index contributed by atoms with van der Waals surface area (Å²) in [6.07, 6.45) is 4.60. The zero-order valence-electron chi connectivity index (χ0n) is 15.4. The highest BCUT2D eigenvalue weighted by atomic mass is 16.5. The molecule has 1 unspecified atom stereocenters. The Hall–Kier alpha value is -2.21. The van der Waals surface area contributed by atoms with Crippen molar-refractivity contribution in [2.45, 2.75) is 39.8 Å². The van der Waals surface area contributed by atoms with Gasteiger partial charge >= 0.3 is 0 Å². The minimum atomic E-state index is 0.227. The molecule has 0 radical (unpaired) electrons. The molecule has 2 aromatic heterocycles. The van der Waals surface area contributed by atoms with Crippen LogP contribution in [0.2, 0.25) is 0 Å². The summed E-state index contributed by atoms with van der Waals surface area (Å²) < 4.78 is 8.07. The third kappa shape index (κ3) is 4.25. The van der Waals surface area contributed by atoms with Crippen molar-refractivity contribution >= 4 is 5.95 Å². The van der Waals surface area contributed by atoms with Gasteiger partial charge < -0.3 is 9.64 Å². The Kier molecular flexibility index (Phi) is 5.48. The fraction of sp³-hybridized carbons (Fsp3) is 0.526. The minimum absolute atomic E-state index is 0.227. The van der Waals surface area contributed by atoms with E-state index in [1.807, 2.05) is 19.2 Å². The zero-order valence-corrected chi connectivity index (χ0v) is 15.4. The number of rotatable bonds is 6. The molecule has 25 heavy (non-hydrogen) atoms. The average molecular weight is 341 g/mol. The third-order valence-electron chi connectivity index (χ3n) is 4.44. The summed E-state index contributed by atoms with van der Waals surface area (Å²) >= 11 is 0. The van der Waals surface area contributed by atoms with Gasteiger partial charge in [-0.3, -0.25) is 9.55 Å². The van der Waals surface area contributed by atoms with Crippen LogP contribution in [-0.4, -0.2) is 45.5 Å². The quantitative estimate of drug-likeness (QED) is 0.756. The van der Waals surface area contributed by atoms with Crippen molar-refractivity contribution < 1.29 is 4.74 Å². The van der Waals surface area contributed by atoms with Crippen LogP contribution >= 0.6 is 0 Å². The molecule has 0 N–H and O–H groups in total. The van der Waals surface area contributed by atoms with Gasteiger partial charge in [0.1, 0.15) is 5.82 Å². The molecule has 2 aromatic rings. The van der Waals surface area contributed by atoms with Gasteiger partial charge in [-0.05, 0) is 24.5 Å². The first-order chi connectivity index (χ1) is 12.0. The van der Waals surface area contributed by atoms with E-state index in [1.54, 1.807) is 6.20 Å². The molecule has 0 amide bonds. The monoisotopic (exact) mass is 341 g/mol. The van der Waals surface area contributed by atoms with Gasteiger partial charge in [-0.1, -0.05) is 32.1 Å². The lowest BCUT2D eigenvalue weighted by Gasteiger charge is -2.35. The van der Waals surface area contributed by atoms with E-state index in [4.69, 9.17) is 4.74 Å². The van der Waals surface area contributed by atoms with Crippen LogP contribution < -0.4 is 4.90 Å². The Morgan fingerprint density at radius 2 is 2.24 bits per heavy atom.